The van der Waals surface area contributed by atoms with E-state index in [1.54, 1.807) is 5.56 Å². The van der Waals surface area contributed by atoms with Crippen molar-refractivity contribution in [2.75, 3.05) is 0 Å². The SMILES string of the molecule is c1ccc(-c2nc(-c3cccc4c3C(c3ccccc3)(c3ccc(C56C[C@H]7C[C@@H](C5)C[C@@H](C6)C7)cc3)c3ccccc3-4)nc(-c3cccc4c3oc3ccccc34)n2)cc1. The van der Waals surface area contributed by atoms with Gasteiger partial charge in [-0.3, -0.25) is 0 Å². The molecule has 4 nitrogen and oxygen atoms in total. The van der Waals surface area contributed by atoms with Gasteiger partial charge in [-0.15, -0.1) is 0 Å². The van der Waals surface area contributed by atoms with Crippen LogP contribution in [0, 0.1) is 17.8 Å². The molecule has 7 aromatic carbocycles. The summed E-state index contributed by atoms with van der Waals surface area (Å²) >= 11 is 0. The number of para-hydroxylation sites is 2. The van der Waals surface area contributed by atoms with Crippen molar-refractivity contribution in [3.63, 3.8) is 0 Å². The second-order valence-electron chi connectivity index (χ2n) is 18.1. The third kappa shape index (κ3) is 4.94. The summed E-state index contributed by atoms with van der Waals surface area (Å²) < 4.78 is 6.58. The molecule has 288 valence electrons. The Hall–Kier alpha value is -6.65. The summed E-state index contributed by atoms with van der Waals surface area (Å²) in [7, 11) is 0. The lowest BCUT2D eigenvalue weighted by Crippen LogP contribution is -2.48. The smallest absolute Gasteiger partial charge is 0.167 e. The highest BCUT2D eigenvalue weighted by atomic mass is 16.3. The van der Waals surface area contributed by atoms with Crippen LogP contribution in [0.4, 0.5) is 0 Å². The monoisotopic (exact) mass is 773 g/mol. The summed E-state index contributed by atoms with van der Waals surface area (Å²) in [4.78, 5) is 16.0. The van der Waals surface area contributed by atoms with Gasteiger partial charge in [0.25, 0.3) is 0 Å². The molecule has 4 saturated carbocycles. The lowest BCUT2D eigenvalue weighted by molar-refractivity contribution is -0.00519. The van der Waals surface area contributed by atoms with Gasteiger partial charge < -0.3 is 4.42 Å². The molecule has 4 fully saturated rings. The number of hydrogen-bond donors (Lipinski definition) is 0. The Morgan fingerprint density at radius 3 is 1.72 bits per heavy atom. The summed E-state index contributed by atoms with van der Waals surface area (Å²) in [5.41, 5.74) is 13.1. The Balaban J connectivity index is 1.06. The maximum atomic E-state index is 6.58. The topological polar surface area (TPSA) is 51.8 Å². The number of hydrogen-bond acceptors (Lipinski definition) is 4. The van der Waals surface area contributed by atoms with Gasteiger partial charge in [0.15, 0.2) is 17.5 Å². The van der Waals surface area contributed by atoms with Crippen molar-refractivity contribution in [3.05, 3.63) is 198 Å². The molecule has 9 aromatic rings. The Morgan fingerprint density at radius 1 is 0.417 bits per heavy atom. The van der Waals surface area contributed by atoms with Crippen molar-refractivity contribution in [3.8, 4) is 45.3 Å². The molecule has 5 aliphatic carbocycles. The Labute approximate surface area is 350 Å². The predicted molar refractivity (Wildman–Crippen MR) is 241 cm³/mol. The molecule has 0 saturated heterocycles. The first-order valence-corrected chi connectivity index (χ1v) is 21.8. The van der Waals surface area contributed by atoms with Gasteiger partial charge >= 0.3 is 0 Å². The maximum Gasteiger partial charge on any atom is 0.167 e. The van der Waals surface area contributed by atoms with Crippen molar-refractivity contribution in [2.24, 2.45) is 17.8 Å². The number of rotatable bonds is 6. The molecule has 0 radical (unpaired) electrons. The molecule has 4 heteroatoms. The van der Waals surface area contributed by atoms with Crippen LogP contribution < -0.4 is 0 Å². The standard InChI is InChI=1S/C56H43N3O/c1-3-13-38(14-4-1)52-57-53(59-54(58-52)47-22-12-20-45-43-18-8-10-24-49(43)60-51(45)47)46-21-11-19-44-42-17-7-9-23-48(42)56(50(44)46,40-15-5-2-6-16-40)41-27-25-39(26-28-41)55-32-35-29-36(33-55)31-37(30-35)34-55/h1-28,35-37H,29-34H2/t35-,36+,37-,55?,56?. The third-order valence-electron chi connectivity index (χ3n) is 14.8. The highest BCUT2D eigenvalue weighted by Crippen LogP contribution is 2.62. The number of benzene rings is 7. The largest absolute Gasteiger partial charge is 0.455 e. The van der Waals surface area contributed by atoms with E-state index in [2.05, 4.69) is 140 Å². The second-order valence-corrected chi connectivity index (χ2v) is 18.1. The van der Waals surface area contributed by atoms with Crippen LogP contribution in [0.2, 0.25) is 0 Å². The normalized spacial score (nSPS) is 23.6. The van der Waals surface area contributed by atoms with Gasteiger partial charge in [0.2, 0.25) is 0 Å². The van der Waals surface area contributed by atoms with E-state index in [4.69, 9.17) is 19.4 Å². The molecule has 1 atom stereocenters. The number of furan rings is 1. The molecule has 0 N–H and O–H groups in total. The summed E-state index contributed by atoms with van der Waals surface area (Å²) in [6, 6.07) is 61.6. The van der Waals surface area contributed by atoms with Crippen LogP contribution in [0.15, 0.2) is 174 Å². The van der Waals surface area contributed by atoms with Crippen molar-refractivity contribution >= 4 is 21.9 Å². The zero-order valence-corrected chi connectivity index (χ0v) is 33.4. The van der Waals surface area contributed by atoms with Gasteiger partial charge in [-0.1, -0.05) is 158 Å². The Kier molecular flexibility index (Phi) is 7.37. The molecular weight excluding hydrogens is 731 g/mol. The van der Waals surface area contributed by atoms with Crippen LogP contribution in [0.5, 0.6) is 0 Å². The summed E-state index contributed by atoms with van der Waals surface area (Å²) in [5, 5.41) is 2.12. The molecule has 0 amide bonds. The van der Waals surface area contributed by atoms with Crippen LogP contribution in [0.1, 0.15) is 66.3 Å². The Morgan fingerprint density at radius 2 is 0.950 bits per heavy atom. The second kappa shape index (κ2) is 12.9. The fourth-order valence-electron chi connectivity index (χ4n) is 12.8. The average Bonchev–Trinajstić information content (AvgIpc) is 3.83. The fraction of sp³-hybridized carbons (Fsp3) is 0.196. The summed E-state index contributed by atoms with van der Waals surface area (Å²) in [6.45, 7) is 0. The highest BCUT2D eigenvalue weighted by molar-refractivity contribution is 6.09. The minimum atomic E-state index is -0.623. The van der Waals surface area contributed by atoms with Gasteiger partial charge in [-0.2, -0.15) is 0 Å². The molecule has 0 aliphatic heterocycles. The fourth-order valence-corrected chi connectivity index (χ4v) is 12.8. The number of nitrogens with zero attached hydrogens (tertiary/aromatic N) is 3. The summed E-state index contributed by atoms with van der Waals surface area (Å²) in [6.07, 6.45) is 8.40. The zero-order chi connectivity index (χ0) is 39.4. The van der Waals surface area contributed by atoms with Gasteiger partial charge in [-0.25, -0.2) is 15.0 Å². The zero-order valence-electron chi connectivity index (χ0n) is 33.4. The first-order chi connectivity index (χ1) is 29.6. The molecule has 14 rings (SSSR count). The van der Waals surface area contributed by atoms with Crippen molar-refractivity contribution in [2.45, 2.75) is 49.4 Å². The van der Waals surface area contributed by atoms with Gasteiger partial charge in [0.1, 0.15) is 11.2 Å². The van der Waals surface area contributed by atoms with E-state index >= 15 is 0 Å². The first kappa shape index (κ1) is 34.2. The minimum Gasteiger partial charge on any atom is -0.455 e. The predicted octanol–water partition coefficient (Wildman–Crippen LogP) is 13.6. The molecular formula is C56H43N3O. The molecule has 5 aliphatic rings. The van der Waals surface area contributed by atoms with Gasteiger partial charge in [0.05, 0.1) is 11.0 Å². The molecule has 4 bridgehead atoms. The lowest BCUT2D eigenvalue weighted by Gasteiger charge is -2.57. The number of fused-ring (bicyclic) bond motifs is 6. The van der Waals surface area contributed by atoms with Crippen molar-refractivity contribution < 1.29 is 4.42 Å². The molecule has 60 heavy (non-hydrogen) atoms. The van der Waals surface area contributed by atoms with Crippen molar-refractivity contribution in [1.82, 2.24) is 15.0 Å². The van der Waals surface area contributed by atoms with E-state index in [1.165, 1.54) is 71.9 Å². The first-order valence-electron chi connectivity index (χ1n) is 21.8. The number of aromatic nitrogens is 3. The van der Waals surface area contributed by atoms with E-state index in [9.17, 15) is 0 Å². The minimum absolute atomic E-state index is 0.321. The van der Waals surface area contributed by atoms with Crippen LogP contribution in [-0.2, 0) is 10.8 Å². The maximum absolute atomic E-state index is 6.58. The molecule has 0 spiro atoms. The van der Waals surface area contributed by atoms with Crippen LogP contribution >= 0.6 is 0 Å². The highest BCUT2D eigenvalue weighted by Gasteiger charge is 2.52. The lowest BCUT2D eigenvalue weighted by atomic mass is 9.48. The van der Waals surface area contributed by atoms with Crippen LogP contribution in [0.25, 0.3) is 67.2 Å². The molecule has 1 unspecified atom stereocenters. The van der Waals surface area contributed by atoms with Gasteiger partial charge in [-0.05, 0) is 113 Å². The third-order valence-corrected chi connectivity index (χ3v) is 14.8. The van der Waals surface area contributed by atoms with Crippen LogP contribution in [-0.4, -0.2) is 15.0 Å². The van der Waals surface area contributed by atoms with Gasteiger partial charge in [0, 0.05) is 21.9 Å². The average molecular weight is 774 g/mol. The Bertz CT molecular complexity index is 3100. The summed E-state index contributed by atoms with van der Waals surface area (Å²) in [5.74, 6) is 4.54. The van der Waals surface area contributed by atoms with E-state index in [1.807, 2.05) is 30.3 Å². The molecule has 2 aromatic heterocycles. The van der Waals surface area contributed by atoms with Crippen molar-refractivity contribution in [1.29, 1.82) is 0 Å². The van der Waals surface area contributed by atoms with E-state index in [-0.39, 0.29) is 0 Å². The molecule has 2 heterocycles. The van der Waals surface area contributed by atoms with E-state index in [0.29, 0.717) is 22.9 Å². The quantitative estimate of drug-likeness (QED) is 0.169. The van der Waals surface area contributed by atoms with E-state index in [0.717, 1.165) is 56.4 Å². The van der Waals surface area contributed by atoms with E-state index < -0.39 is 5.41 Å². The van der Waals surface area contributed by atoms with Crippen LogP contribution in [0.3, 0.4) is 0 Å².